The van der Waals surface area contributed by atoms with E-state index >= 15 is 0 Å². The number of nitrogens with two attached hydrogens (primary N) is 1. The van der Waals surface area contributed by atoms with E-state index in [0.29, 0.717) is 29.1 Å². The first kappa shape index (κ1) is 24.2. The van der Waals surface area contributed by atoms with Gasteiger partial charge < -0.3 is 10.8 Å². The van der Waals surface area contributed by atoms with Crippen molar-refractivity contribution in [2.24, 2.45) is 0 Å². The van der Waals surface area contributed by atoms with E-state index in [1.54, 1.807) is 24.4 Å². The lowest BCUT2D eigenvalue weighted by atomic mass is 10.00. The van der Waals surface area contributed by atoms with Crippen LogP contribution in [0.2, 0.25) is 5.02 Å². The lowest BCUT2D eigenvalue weighted by Gasteiger charge is -2.19. The van der Waals surface area contributed by atoms with Crippen LogP contribution in [0.3, 0.4) is 0 Å². The number of thiophene rings is 1. The Balaban J connectivity index is 1.63. The van der Waals surface area contributed by atoms with Gasteiger partial charge in [-0.15, -0.1) is 11.3 Å². The number of rotatable bonds is 8. The average Bonchev–Trinajstić information content (AvgIpc) is 3.63. The molecular formula is C26H26ClN3O3S2. The molecule has 5 rings (SSSR count). The van der Waals surface area contributed by atoms with Crippen LogP contribution in [0, 0.1) is 0 Å². The second-order valence-electron chi connectivity index (χ2n) is 9.01. The highest BCUT2D eigenvalue weighted by atomic mass is 35.5. The number of halogens is 1. The highest BCUT2D eigenvalue weighted by Gasteiger charge is 2.38. The van der Waals surface area contributed by atoms with Crippen molar-refractivity contribution in [2.75, 3.05) is 12.3 Å². The highest BCUT2D eigenvalue weighted by Crippen LogP contribution is 2.41. The Labute approximate surface area is 213 Å². The van der Waals surface area contributed by atoms with Crippen molar-refractivity contribution >= 4 is 48.7 Å². The maximum absolute atomic E-state index is 13.0. The largest absolute Gasteiger partial charge is 0.399 e. The minimum absolute atomic E-state index is 0.00161. The Morgan fingerprint density at radius 2 is 2.00 bits per heavy atom. The number of hydrogen-bond donors (Lipinski definition) is 3. The molecule has 35 heavy (non-hydrogen) atoms. The van der Waals surface area contributed by atoms with Crippen molar-refractivity contribution in [3.63, 3.8) is 0 Å². The van der Waals surface area contributed by atoms with Gasteiger partial charge in [-0.25, -0.2) is 13.1 Å². The van der Waals surface area contributed by atoms with Gasteiger partial charge in [-0.05, 0) is 65.8 Å². The number of anilines is 1. The van der Waals surface area contributed by atoms with Gasteiger partial charge in [0.05, 0.1) is 17.0 Å². The number of sulfonamides is 1. The Morgan fingerprint density at radius 1 is 1.20 bits per heavy atom. The zero-order valence-corrected chi connectivity index (χ0v) is 21.5. The first-order chi connectivity index (χ1) is 16.8. The molecule has 0 aliphatic heterocycles. The molecule has 1 aliphatic rings. The van der Waals surface area contributed by atoms with Crippen molar-refractivity contribution in [1.82, 2.24) is 9.71 Å². The lowest BCUT2D eigenvalue weighted by Crippen LogP contribution is -2.31. The molecule has 2 unspecified atom stereocenters. The number of nitrogens with zero attached hydrogens (tertiary/aromatic N) is 1. The quantitative estimate of drug-likeness (QED) is 0.264. The minimum Gasteiger partial charge on any atom is -0.399 e. The second kappa shape index (κ2) is 9.52. The molecule has 0 spiro atoms. The van der Waals surface area contributed by atoms with Gasteiger partial charge in [0.25, 0.3) is 0 Å². The monoisotopic (exact) mass is 527 g/mol. The fraction of sp³-hybridized carbons (Fsp3) is 0.269. The molecule has 1 saturated carbocycles. The number of hydrogen-bond acceptors (Lipinski definition) is 6. The molecule has 9 heteroatoms. The first-order valence-corrected chi connectivity index (χ1v) is 14.2. The number of nitrogen functional groups attached to an aromatic ring is 1. The summed E-state index contributed by atoms with van der Waals surface area (Å²) < 4.78 is 29.8. The van der Waals surface area contributed by atoms with Crippen LogP contribution in [0.1, 0.15) is 47.7 Å². The van der Waals surface area contributed by atoms with E-state index in [0.717, 1.165) is 31.8 Å². The number of fused-ring (bicyclic) bond motifs is 1. The zero-order valence-electron chi connectivity index (χ0n) is 19.1. The average molecular weight is 528 g/mol. The van der Waals surface area contributed by atoms with E-state index in [9.17, 15) is 13.5 Å². The molecule has 2 aromatic heterocycles. The predicted molar refractivity (Wildman–Crippen MR) is 143 cm³/mol. The molecule has 182 valence electrons. The summed E-state index contributed by atoms with van der Waals surface area (Å²) in [6.45, 7) is 2.02. The van der Waals surface area contributed by atoms with Gasteiger partial charge in [-0.1, -0.05) is 36.7 Å². The van der Waals surface area contributed by atoms with Crippen LogP contribution in [-0.4, -0.2) is 30.4 Å². The van der Waals surface area contributed by atoms with Crippen molar-refractivity contribution < 1.29 is 13.5 Å². The van der Waals surface area contributed by atoms with Crippen molar-refractivity contribution in [2.45, 2.75) is 37.0 Å². The number of aliphatic hydroxyl groups is 1. The van der Waals surface area contributed by atoms with Crippen LogP contribution in [-0.2, 0) is 10.0 Å². The Bertz CT molecular complexity index is 1500. The van der Waals surface area contributed by atoms with E-state index in [2.05, 4.69) is 9.71 Å². The highest BCUT2D eigenvalue weighted by molar-refractivity contribution is 7.90. The van der Waals surface area contributed by atoms with Gasteiger partial charge in [0.2, 0.25) is 10.0 Å². The van der Waals surface area contributed by atoms with Gasteiger partial charge in [-0.3, -0.25) is 4.98 Å². The molecule has 1 fully saturated rings. The number of aromatic nitrogens is 1. The topological polar surface area (TPSA) is 105 Å². The summed E-state index contributed by atoms with van der Waals surface area (Å²) in [5.41, 5.74) is 9.95. The third-order valence-electron chi connectivity index (χ3n) is 6.33. The van der Waals surface area contributed by atoms with Crippen LogP contribution in [0.25, 0.3) is 21.3 Å². The third-order valence-corrected chi connectivity index (χ3v) is 9.83. The van der Waals surface area contributed by atoms with E-state index in [1.807, 2.05) is 43.3 Å². The van der Waals surface area contributed by atoms with E-state index in [4.69, 9.17) is 17.3 Å². The molecule has 0 radical (unpaired) electrons. The molecule has 0 bridgehead atoms. The molecule has 4 aromatic rings. The normalized spacial score (nSPS) is 15.9. The van der Waals surface area contributed by atoms with Crippen LogP contribution in [0.4, 0.5) is 5.69 Å². The van der Waals surface area contributed by atoms with Crippen molar-refractivity contribution in [3.05, 3.63) is 81.8 Å². The number of benzene rings is 2. The van der Waals surface area contributed by atoms with Crippen LogP contribution in [0.15, 0.2) is 60.8 Å². The van der Waals surface area contributed by atoms with Gasteiger partial charge in [0.1, 0.15) is 0 Å². The summed E-state index contributed by atoms with van der Waals surface area (Å²) in [6.07, 6.45) is 3.08. The zero-order chi connectivity index (χ0) is 24.7. The molecule has 2 heterocycles. The van der Waals surface area contributed by atoms with Crippen LogP contribution in [0.5, 0.6) is 0 Å². The Hall–Kier alpha value is -2.49. The maximum Gasteiger partial charge on any atom is 0.215 e. The number of nitrogens with one attached hydrogen (secondary N) is 1. The van der Waals surface area contributed by atoms with Crippen molar-refractivity contribution in [3.8, 4) is 11.3 Å². The molecule has 4 N–H and O–H groups in total. The summed E-state index contributed by atoms with van der Waals surface area (Å²) in [7, 11) is -3.51. The molecule has 0 amide bonds. The Morgan fingerprint density at radius 3 is 2.74 bits per heavy atom. The second-order valence-corrected chi connectivity index (χ2v) is 12.5. The Kier molecular flexibility index (Phi) is 6.59. The van der Waals surface area contributed by atoms with Gasteiger partial charge in [0.15, 0.2) is 0 Å². The first-order valence-electron chi connectivity index (χ1n) is 11.4. The molecule has 1 aliphatic carbocycles. The standard InChI is InChI=1S/C26H26ClN3O3S2/c1-15(14-31)16-9-10-29-23(11-16)20-4-2-3-17-12-24(34-26(17)20)25(30-35(32,33)19-6-7-19)21-13-18(28)5-8-22(21)27/h2-5,8-13,15,19,25,30-31H,6-7,14,28H2,1H3. The van der Waals surface area contributed by atoms with E-state index in [1.165, 1.54) is 11.3 Å². The summed E-state index contributed by atoms with van der Waals surface area (Å²) in [5.74, 6) is 0.00161. The van der Waals surface area contributed by atoms with Crippen LogP contribution < -0.4 is 10.5 Å². The molecule has 2 aromatic carbocycles. The molecule has 0 saturated heterocycles. The predicted octanol–water partition coefficient (Wildman–Crippen LogP) is 5.47. The summed E-state index contributed by atoms with van der Waals surface area (Å²) in [4.78, 5) is 5.40. The van der Waals surface area contributed by atoms with E-state index < -0.39 is 16.1 Å². The maximum atomic E-state index is 13.0. The molecule has 6 nitrogen and oxygen atoms in total. The van der Waals surface area contributed by atoms with Crippen molar-refractivity contribution in [1.29, 1.82) is 0 Å². The number of pyridine rings is 1. The lowest BCUT2D eigenvalue weighted by molar-refractivity contribution is 0.273. The van der Waals surface area contributed by atoms with Crippen LogP contribution >= 0.6 is 22.9 Å². The SMILES string of the molecule is CC(CO)c1ccnc(-c2cccc3cc(C(NS(=O)(=O)C4CC4)c4cc(N)ccc4Cl)sc23)c1. The van der Waals surface area contributed by atoms with Gasteiger partial charge in [-0.2, -0.15) is 0 Å². The fourth-order valence-electron chi connectivity index (χ4n) is 4.13. The summed E-state index contributed by atoms with van der Waals surface area (Å²) >= 11 is 8.05. The molecular weight excluding hydrogens is 502 g/mol. The smallest absolute Gasteiger partial charge is 0.215 e. The summed E-state index contributed by atoms with van der Waals surface area (Å²) in [6, 6.07) is 16.4. The van der Waals surface area contributed by atoms with Gasteiger partial charge in [0, 0.05) is 44.6 Å². The van der Waals surface area contributed by atoms with Gasteiger partial charge >= 0.3 is 0 Å². The minimum atomic E-state index is -3.51. The summed E-state index contributed by atoms with van der Waals surface area (Å²) in [5, 5.41) is 10.7. The fourth-order valence-corrected chi connectivity index (χ4v) is 7.22. The molecule has 2 atom stereocenters. The van der Waals surface area contributed by atoms with E-state index in [-0.39, 0.29) is 17.8 Å². The number of aliphatic hydroxyl groups excluding tert-OH is 1. The third kappa shape index (κ3) is 4.94.